The van der Waals surface area contributed by atoms with E-state index in [4.69, 9.17) is 0 Å². The molecule has 28 heavy (non-hydrogen) atoms. The van der Waals surface area contributed by atoms with Crippen molar-refractivity contribution in [3.05, 3.63) is 77.2 Å². The van der Waals surface area contributed by atoms with Crippen LogP contribution in [0.4, 0.5) is 4.39 Å². The normalized spacial score (nSPS) is 18.4. The van der Waals surface area contributed by atoms with Crippen LogP contribution in [-0.4, -0.2) is 34.7 Å². The minimum Gasteiger partial charge on any atom is -0.366 e. The number of nitrogens with zero attached hydrogens (tertiary/aromatic N) is 2. The Bertz CT molecular complexity index is 931. The van der Waals surface area contributed by atoms with Gasteiger partial charge in [0.1, 0.15) is 11.5 Å². The summed E-state index contributed by atoms with van der Waals surface area (Å²) in [5.74, 6) is -0.488. The molecule has 4 rings (SSSR count). The van der Waals surface area contributed by atoms with Gasteiger partial charge in [0.2, 0.25) is 0 Å². The summed E-state index contributed by atoms with van der Waals surface area (Å²) in [6, 6.07) is 15.6. The van der Waals surface area contributed by atoms with Crippen LogP contribution < -0.4 is 0 Å². The number of benzene rings is 2. The molecular weight excluding hydrogens is 355 g/mol. The van der Waals surface area contributed by atoms with Crippen molar-refractivity contribution in [3.8, 4) is 0 Å². The molecule has 1 saturated heterocycles. The maximum absolute atomic E-state index is 14.1. The van der Waals surface area contributed by atoms with E-state index in [1.165, 1.54) is 11.0 Å². The second kappa shape index (κ2) is 7.58. The molecule has 2 aliphatic heterocycles. The molecule has 2 aromatic carbocycles. The van der Waals surface area contributed by atoms with Gasteiger partial charge in [0.15, 0.2) is 0 Å². The van der Waals surface area contributed by atoms with Gasteiger partial charge in [-0.2, -0.15) is 0 Å². The molecular formula is C23H23FN2O2. The Morgan fingerprint density at radius 2 is 1.57 bits per heavy atom. The summed E-state index contributed by atoms with van der Waals surface area (Å²) >= 11 is 0. The highest BCUT2D eigenvalue weighted by molar-refractivity contribution is 6.35. The molecule has 5 heteroatoms. The molecule has 4 nitrogen and oxygen atoms in total. The number of hydrogen-bond acceptors (Lipinski definition) is 3. The fourth-order valence-corrected chi connectivity index (χ4v) is 3.89. The van der Waals surface area contributed by atoms with Crippen molar-refractivity contribution in [3.63, 3.8) is 0 Å². The van der Waals surface area contributed by atoms with Gasteiger partial charge in [-0.25, -0.2) is 4.39 Å². The van der Waals surface area contributed by atoms with E-state index in [1.54, 1.807) is 18.2 Å². The molecule has 0 radical (unpaired) electrons. The van der Waals surface area contributed by atoms with Crippen LogP contribution >= 0.6 is 0 Å². The molecule has 144 valence electrons. The molecule has 0 unspecified atom stereocenters. The lowest BCUT2D eigenvalue weighted by molar-refractivity contribution is -0.138. The van der Waals surface area contributed by atoms with Crippen LogP contribution in [0.1, 0.15) is 30.9 Å². The van der Waals surface area contributed by atoms with Crippen molar-refractivity contribution in [1.82, 2.24) is 9.80 Å². The lowest BCUT2D eigenvalue weighted by atomic mass is 9.97. The molecule has 2 aliphatic rings. The van der Waals surface area contributed by atoms with Gasteiger partial charge in [0, 0.05) is 18.7 Å². The van der Waals surface area contributed by atoms with E-state index in [0.717, 1.165) is 31.5 Å². The van der Waals surface area contributed by atoms with Gasteiger partial charge in [-0.1, -0.05) is 55.5 Å². The van der Waals surface area contributed by atoms with Gasteiger partial charge < -0.3 is 4.90 Å². The van der Waals surface area contributed by atoms with Crippen molar-refractivity contribution >= 4 is 17.4 Å². The Morgan fingerprint density at radius 1 is 0.929 bits per heavy atom. The quantitative estimate of drug-likeness (QED) is 0.759. The van der Waals surface area contributed by atoms with E-state index in [-0.39, 0.29) is 18.4 Å². The smallest absolute Gasteiger partial charge is 0.278 e. The van der Waals surface area contributed by atoms with Crippen molar-refractivity contribution < 1.29 is 14.0 Å². The first-order valence-corrected chi connectivity index (χ1v) is 9.70. The van der Waals surface area contributed by atoms with Gasteiger partial charge in [0.25, 0.3) is 11.8 Å². The molecule has 0 bridgehead atoms. The number of likely N-dealkylation sites (tertiary alicyclic amines) is 1. The summed E-state index contributed by atoms with van der Waals surface area (Å²) in [6.07, 6.45) is 1.97. The van der Waals surface area contributed by atoms with Gasteiger partial charge in [-0.15, -0.1) is 0 Å². The summed E-state index contributed by atoms with van der Waals surface area (Å²) in [7, 11) is 0. The van der Waals surface area contributed by atoms with Crippen LogP contribution in [-0.2, 0) is 16.1 Å². The molecule has 0 N–H and O–H groups in total. The second-order valence-corrected chi connectivity index (χ2v) is 7.55. The summed E-state index contributed by atoms with van der Waals surface area (Å²) < 4.78 is 14.1. The Labute approximate surface area is 164 Å². The van der Waals surface area contributed by atoms with Crippen LogP contribution in [0.15, 0.2) is 60.3 Å². The highest BCUT2D eigenvalue weighted by Gasteiger charge is 2.42. The zero-order valence-corrected chi connectivity index (χ0v) is 15.9. The van der Waals surface area contributed by atoms with Crippen LogP contribution in [0.2, 0.25) is 0 Å². The SMILES string of the molecule is CC1CCN(C2=C(c3ccccc3)C(=O)N(Cc3ccccc3F)C2=O)CC1. The minimum absolute atomic E-state index is 0.0611. The number of halogens is 1. The van der Waals surface area contributed by atoms with Crippen molar-refractivity contribution in [2.45, 2.75) is 26.3 Å². The number of hydrogen-bond donors (Lipinski definition) is 0. The predicted molar refractivity (Wildman–Crippen MR) is 105 cm³/mol. The number of rotatable bonds is 4. The van der Waals surface area contributed by atoms with Gasteiger partial charge in [-0.05, 0) is 30.4 Å². The Morgan fingerprint density at radius 3 is 2.25 bits per heavy atom. The summed E-state index contributed by atoms with van der Waals surface area (Å²) in [5, 5.41) is 0. The number of amides is 2. The van der Waals surface area contributed by atoms with E-state index < -0.39 is 5.82 Å². The standard InChI is InChI=1S/C23H23FN2O2/c1-16-11-13-25(14-12-16)21-20(17-7-3-2-4-8-17)22(27)26(23(21)28)15-18-9-5-6-10-19(18)24/h2-10,16H,11-15H2,1H3. The molecule has 0 atom stereocenters. The zero-order chi connectivity index (χ0) is 19.7. The van der Waals surface area contributed by atoms with E-state index in [1.807, 2.05) is 35.2 Å². The average molecular weight is 378 g/mol. The number of imide groups is 1. The van der Waals surface area contributed by atoms with E-state index in [9.17, 15) is 14.0 Å². The highest BCUT2D eigenvalue weighted by Crippen LogP contribution is 2.34. The van der Waals surface area contributed by atoms with Crippen LogP contribution in [0.25, 0.3) is 5.57 Å². The summed E-state index contributed by atoms with van der Waals surface area (Å²) in [6.45, 7) is 3.64. The second-order valence-electron chi connectivity index (χ2n) is 7.55. The monoisotopic (exact) mass is 378 g/mol. The molecule has 2 amide bonds. The Balaban J connectivity index is 1.72. The predicted octanol–water partition coefficient (Wildman–Crippen LogP) is 3.84. The topological polar surface area (TPSA) is 40.6 Å². The molecule has 2 aromatic rings. The molecule has 0 saturated carbocycles. The Kier molecular flexibility index (Phi) is 4.99. The maximum Gasteiger partial charge on any atom is 0.278 e. The molecule has 0 spiro atoms. The third-order valence-electron chi connectivity index (χ3n) is 5.59. The van der Waals surface area contributed by atoms with E-state index >= 15 is 0 Å². The summed E-state index contributed by atoms with van der Waals surface area (Å²) in [5.41, 5.74) is 1.95. The molecule has 2 heterocycles. The van der Waals surface area contributed by atoms with Crippen LogP contribution in [0.3, 0.4) is 0 Å². The van der Waals surface area contributed by atoms with Crippen LogP contribution in [0.5, 0.6) is 0 Å². The minimum atomic E-state index is -0.412. The molecule has 0 aromatic heterocycles. The van der Waals surface area contributed by atoms with Crippen LogP contribution in [0, 0.1) is 11.7 Å². The largest absolute Gasteiger partial charge is 0.366 e. The number of carbonyl (C=O) groups excluding carboxylic acids is 2. The Hall–Kier alpha value is -2.95. The number of piperidine rings is 1. The fraction of sp³-hybridized carbons (Fsp3) is 0.304. The van der Waals surface area contributed by atoms with Crippen molar-refractivity contribution in [1.29, 1.82) is 0 Å². The fourth-order valence-electron chi connectivity index (χ4n) is 3.89. The molecule has 1 fully saturated rings. The average Bonchev–Trinajstić information content (AvgIpc) is 2.95. The van der Waals surface area contributed by atoms with Gasteiger partial charge in [0.05, 0.1) is 12.1 Å². The first kappa shape index (κ1) is 18.4. The first-order valence-electron chi connectivity index (χ1n) is 9.70. The lowest BCUT2D eigenvalue weighted by Crippen LogP contribution is -2.38. The zero-order valence-electron chi connectivity index (χ0n) is 15.9. The molecule has 0 aliphatic carbocycles. The van der Waals surface area contributed by atoms with Crippen molar-refractivity contribution in [2.75, 3.05) is 13.1 Å². The van der Waals surface area contributed by atoms with E-state index in [0.29, 0.717) is 22.8 Å². The van der Waals surface area contributed by atoms with Gasteiger partial charge >= 0.3 is 0 Å². The van der Waals surface area contributed by atoms with E-state index in [2.05, 4.69) is 6.92 Å². The third kappa shape index (κ3) is 3.33. The van der Waals surface area contributed by atoms with Crippen molar-refractivity contribution in [2.24, 2.45) is 5.92 Å². The number of carbonyl (C=O) groups is 2. The highest BCUT2D eigenvalue weighted by atomic mass is 19.1. The van der Waals surface area contributed by atoms with Gasteiger partial charge in [-0.3, -0.25) is 14.5 Å². The lowest BCUT2D eigenvalue weighted by Gasteiger charge is -2.32. The third-order valence-corrected chi connectivity index (χ3v) is 5.59. The maximum atomic E-state index is 14.1. The first-order chi connectivity index (χ1) is 13.6. The summed E-state index contributed by atoms with van der Waals surface area (Å²) in [4.78, 5) is 29.7.